The van der Waals surface area contributed by atoms with Crippen LogP contribution in [0.4, 0.5) is 4.39 Å². The second kappa shape index (κ2) is 9.68. The van der Waals surface area contributed by atoms with Crippen LogP contribution in [0.2, 0.25) is 0 Å². The first-order chi connectivity index (χ1) is 15.4. The highest BCUT2D eigenvalue weighted by atomic mass is 19.1. The Balaban J connectivity index is 1.35. The van der Waals surface area contributed by atoms with Crippen LogP contribution in [0.15, 0.2) is 48.7 Å². The summed E-state index contributed by atoms with van der Waals surface area (Å²) < 4.78 is 14.9. The number of amides is 1. The van der Waals surface area contributed by atoms with Crippen LogP contribution in [0, 0.1) is 17.7 Å². The number of benzene rings is 2. The number of fused-ring (bicyclic) bond motifs is 1. The van der Waals surface area contributed by atoms with E-state index in [1.165, 1.54) is 6.07 Å². The van der Waals surface area contributed by atoms with Gasteiger partial charge in [-0.15, -0.1) is 0 Å². The van der Waals surface area contributed by atoms with E-state index in [1.807, 2.05) is 44.3 Å². The van der Waals surface area contributed by atoms with Crippen molar-refractivity contribution in [3.05, 3.63) is 60.0 Å². The number of H-pyrrole nitrogens is 1. The van der Waals surface area contributed by atoms with Crippen molar-refractivity contribution < 1.29 is 14.0 Å². The quantitative estimate of drug-likeness (QED) is 0.411. The van der Waals surface area contributed by atoms with Crippen LogP contribution in [-0.4, -0.2) is 22.7 Å². The van der Waals surface area contributed by atoms with Gasteiger partial charge in [0, 0.05) is 41.2 Å². The fourth-order valence-electron chi connectivity index (χ4n) is 4.82. The molecule has 3 aromatic rings. The Morgan fingerprint density at radius 2 is 2.00 bits per heavy atom. The lowest BCUT2D eigenvalue weighted by Crippen LogP contribution is -2.32. The van der Waals surface area contributed by atoms with Gasteiger partial charge >= 0.3 is 0 Å². The molecule has 1 amide bonds. The van der Waals surface area contributed by atoms with Crippen LogP contribution in [0.3, 0.4) is 0 Å². The van der Waals surface area contributed by atoms with Crippen molar-refractivity contribution in [2.45, 2.75) is 58.4 Å². The molecule has 0 radical (unpaired) electrons. The fraction of sp³-hybridized carbons (Fsp3) is 0.407. The minimum absolute atomic E-state index is 0.00892. The largest absolute Gasteiger partial charge is 0.361 e. The summed E-state index contributed by atoms with van der Waals surface area (Å²) >= 11 is 0. The molecule has 3 atom stereocenters. The third kappa shape index (κ3) is 4.93. The Hall–Kier alpha value is -2.95. The van der Waals surface area contributed by atoms with E-state index in [4.69, 9.17) is 0 Å². The van der Waals surface area contributed by atoms with Crippen LogP contribution in [0.5, 0.6) is 0 Å². The zero-order valence-electron chi connectivity index (χ0n) is 18.8. The summed E-state index contributed by atoms with van der Waals surface area (Å²) in [7, 11) is 0. The Labute approximate surface area is 188 Å². The topological polar surface area (TPSA) is 62.0 Å². The molecule has 4 nitrogen and oxygen atoms in total. The maximum atomic E-state index is 14.9. The van der Waals surface area contributed by atoms with Gasteiger partial charge in [-0.05, 0) is 73.2 Å². The lowest BCUT2D eigenvalue weighted by Gasteiger charge is -2.16. The fourth-order valence-corrected chi connectivity index (χ4v) is 4.82. The predicted molar refractivity (Wildman–Crippen MR) is 126 cm³/mol. The number of carbonyl (C=O) groups excluding carboxylic acids is 2. The van der Waals surface area contributed by atoms with Crippen LogP contribution in [0.25, 0.3) is 22.0 Å². The van der Waals surface area contributed by atoms with Gasteiger partial charge in [-0.1, -0.05) is 32.0 Å². The smallest absolute Gasteiger partial charge is 0.219 e. The molecular weight excluding hydrogens is 403 g/mol. The lowest BCUT2D eigenvalue weighted by molar-refractivity contribution is -0.121. The molecule has 1 heterocycles. The number of ketones is 1. The Kier molecular flexibility index (Phi) is 6.73. The van der Waals surface area contributed by atoms with Crippen molar-refractivity contribution >= 4 is 22.6 Å². The van der Waals surface area contributed by atoms with Gasteiger partial charge in [0.2, 0.25) is 5.91 Å². The summed E-state index contributed by atoms with van der Waals surface area (Å²) in [6, 6.07) is 12.8. The number of aromatic nitrogens is 1. The number of carbonyl (C=O) groups is 2. The molecule has 1 aliphatic rings. The van der Waals surface area contributed by atoms with Crippen LogP contribution in [0.1, 0.15) is 62.7 Å². The van der Waals surface area contributed by atoms with E-state index in [0.29, 0.717) is 23.5 Å². The molecule has 1 aromatic heterocycles. The van der Waals surface area contributed by atoms with E-state index in [0.717, 1.165) is 48.6 Å². The van der Waals surface area contributed by atoms with Gasteiger partial charge in [0.1, 0.15) is 5.82 Å². The molecule has 3 unspecified atom stereocenters. The second-order valence-electron chi connectivity index (χ2n) is 9.11. The highest BCUT2D eigenvalue weighted by Gasteiger charge is 2.27. The Morgan fingerprint density at radius 3 is 2.78 bits per heavy atom. The molecule has 168 valence electrons. The van der Waals surface area contributed by atoms with Gasteiger partial charge in [0.05, 0.1) is 0 Å². The molecule has 4 rings (SSSR count). The Bertz CT molecular complexity index is 1120. The number of hydrogen-bond acceptors (Lipinski definition) is 2. The van der Waals surface area contributed by atoms with Crippen molar-refractivity contribution in [1.29, 1.82) is 0 Å². The van der Waals surface area contributed by atoms with Gasteiger partial charge < -0.3 is 10.3 Å². The van der Waals surface area contributed by atoms with Crippen LogP contribution < -0.4 is 5.32 Å². The van der Waals surface area contributed by atoms with Crippen LogP contribution >= 0.6 is 0 Å². The van der Waals surface area contributed by atoms with Crippen molar-refractivity contribution in [1.82, 2.24) is 10.3 Å². The van der Waals surface area contributed by atoms with Gasteiger partial charge in [-0.25, -0.2) is 4.39 Å². The first-order valence-corrected chi connectivity index (χ1v) is 11.6. The number of nitrogens with one attached hydrogen (secondary N) is 2. The van der Waals surface area contributed by atoms with E-state index in [9.17, 15) is 14.0 Å². The highest BCUT2D eigenvalue weighted by Crippen LogP contribution is 2.32. The van der Waals surface area contributed by atoms with Gasteiger partial charge in [-0.3, -0.25) is 9.59 Å². The van der Waals surface area contributed by atoms with Crippen molar-refractivity contribution in [3.63, 3.8) is 0 Å². The molecule has 0 saturated heterocycles. The molecule has 0 spiro atoms. The van der Waals surface area contributed by atoms with E-state index >= 15 is 0 Å². The van der Waals surface area contributed by atoms with E-state index in [2.05, 4.69) is 10.3 Å². The summed E-state index contributed by atoms with van der Waals surface area (Å²) in [6.07, 6.45) is 7.21. The summed E-state index contributed by atoms with van der Waals surface area (Å²) in [5.74, 6) is 0.113. The predicted octanol–water partition coefficient (Wildman–Crippen LogP) is 6.27. The maximum Gasteiger partial charge on any atom is 0.219 e. The summed E-state index contributed by atoms with van der Waals surface area (Å²) in [5, 5.41) is 4.11. The van der Waals surface area contributed by atoms with Gasteiger partial charge in [0.15, 0.2) is 5.78 Å². The molecule has 32 heavy (non-hydrogen) atoms. The minimum atomic E-state index is -0.372. The van der Waals surface area contributed by atoms with Crippen molar-refractivity contribution in [3.8, 4) is 11.1 Å². The molecule has 1 saturated carbocycles. The molecule has 2 aromatic carbocycles. The molecule has 1 aliphatic carbocycles. The molecule has 2 N–H and O–H groups in total. The summed E-state index contributed by atoms with van der Waals surface area (Å²) in [5.41, 5.74) is 2.74. The van der Waals surface area contributed by atoms with Crippen molar-refractivity contribution in [2.75, 3.05) is 0 Å². The molecule has 0 bridgehead atoms. The van der Waals surface area contributed by atoms with Crippen LogP contribution in [-0.2, 0) is 4.79 Å². The lowest BCUT2D eigenvalue weighted by atomic mass is 9.89. The highest BCUT2D eigenvalue weighted by molar-refractivity contribution is 5.98. The van der Waals surface area contributed by atoms with E-state index in [1.54, 1.807) is 12.1 Å². The monoisotopic (exact) mass is 434 g/mol. The SMILES string of the molecule is CCC(=O)NC1CCC(CCC(C)C(=O)c2ccc(-c3ccc4[nH]ccc4c3)c(F)c2)C1. The normalized spacial score (nSPS) is 19.2. The number of Topliss-reactive ketones (excluding diaryl/α,β-unsaturated/α-hetero) is 1. The maximum absolute atomic E-state index is 14.9. The number of halogens is 1. The number of hydrogen-bond donors (Lipinski definition) is 2. The molecule has 5 heteroatoms. The number of aromatic amines is 1. The van der Waals surface area contributed by atoms with E-state index < -0.39 is 0 Å². The Morgan fingerprint density at radius 1 is 1.16 bits per heavy atom. The minimum Gasteiger partial charge on any atom is -0.361 e. The first kappa shape index (κ1) is 22.3. The third-order valence-corrected chi connectivity index (χ3v) is 6.80. The van der Waals surface area contributed by atoms with Crippen molar-refractivity contribution in [2.24, 2.45) is 11.8 Å². The van der Waals surface area contributed by atoms with Gasteiger partial charge in [0.25, 0.3) is 0 Å². The summed E-state index contributed by atoms with van der Waals surface area (Å²) in [6.45, 7) is 3.80. The zero-order valence-corrected chi connectivity index (χ0v) is 18.8. The molecule has 0 aliphatic heterocycles. The average Bonchev–Trinajstić information content (AvgIpc) is 3.45. The first-order valence-electron chi connectivity index (χ1n) is 11.6. The third-order valence-electron chi connectivity index (χ3n) is 6.80. The standard InChI is InChI=1S/C27H31FN2O2/c1-3-26(31)30-22-9-6-18(14-22)5-4-17(2)27(32)21-7-10-23(24(28)16-21)19-8-11-25-20(15-19)12-13-29-25/h7-8,10-13,15-18,22,29H,3-6,9,14H2,1-2H3,(H,30,31). The summed E-state index contributed by atoms with van der Waals surface area (Å²) in [4.78, 5) is 27.6. The average molecular weight is 435 g/mol. The number of rotatable bonds is 8. The van der Waals surface area contributed by atoms with Gasteiger partial charge in [-0.2, -0.15) is 0 Å². The zero-order chi connectivity index (χ0) is 22.7. The second-order valence-corrected chi connectivity index (χ2v) is 9.11. The molecule has 1 fully saturated rings. The van der Waals surface area contributed by atoms with E-state index in [-0.39, 0.29) is 29.5 Å². The molecular formula is C27H31FN2O2.